The molecule has 0 heterocycles. The third kappa shape index (κ3) is 2.16. The molecule has 12 heavy (non-hydrogen) atoms. The maximum absolute atomic E-state index is 8.63. The Labute approximate surface area is 76.8 Å². The number of para-hydroxylation sites is 1. The van der Waals surface area contributed by atoms with Gasteiger partial charge in [0, 0.05) is 16.3 Å². The lowest BCUT2D eigenvalue weighted by atomic mass is 10.2. The summed E-state index contributed by atoms with van der Waals surface area (Å²) in [5, 5.41) is 8.63. The van der Waals surface area contributed by atoms with Crippen LogP contribution in [0.4, 0.5) is 5.69 Å². The Morgan fingerprint density at radius 1 is 1.50 bits per heavy atom. The van der Waals surface area contributed by atoms with E-state index in [-0.39, 0.29) is 6.61 Å². The van der Waals surface area contributed by atoms with Crippen molar-refractivity contribution in [2.75, 3.05) is 18.1 Å². The fourth-order valence-electron chi connectivity index (χ4n) is 0.935. The van der Waals surface area contributed by atoms with E-state index in [4.69, 9.17) is 10.8 Å². The Balaban J connectivity index is 2.78. The molecule has 0 aliphatic carbocycles. The number of benzene rings is 1. The maximum Gasteiger partial charge on any atom is 0.0525 e. The summed E-state index contributed by atoms with van der Waals surface area (Å²) in [6, 6.07) is 5.94. The minimum Gasteiger partial charge on any atom is -0.398 e. The molecule has 0 amide bonds. The number of hydrogen-bond acceptors (Lipinski definition) is 3. The molecular weight excluding hydrogens is 170 g/mol. The Kier molecular flexibility index (Phi) is 3.44. The summed E-state index contributed by atoms with van der Waals surface area (Å²) in [7, 11) is 0. The van der Waals surface area contributed by atoms with Gasteiger partial charge in [-0.2, -0.15) is 0 Å². The molecule has 0 unspecified atom stereocenters. The van der Waals surface area contributed by atoms with Crippen LogP contribution < -0.4 is 5.73 Å². The van der Waals surface area contributed by atoms with E-state index in [1.54, 1.807) is 11.8 Å². The van der Waals surface area contributed by atoms with Crippen LogP contribution in [0.2, 0.25) is 0 Å². The lowest BCUT2D eigenvalue weighted by molar-refractivity contribution is 0.322. The summed E-state index contributed by atoms with van der Waals surface area (Å²) in [6.07, 6.45) is 0. The highest BCUT2D eigenvalue weighted by Crippen LogP contribution is 2.26. The molecule has 1 aromatic carbocycles. The number of aryl methyl sites for hydroxylation is 1. The van der Waals surface area contributed by atoms with E-state index in [9.17, 15) is 0 Å². The highest BCUT2D eigenvalue weighted by atomic mass is 32.2. The average molecular weight is 183 g/mol. The lowest BCUT2D eigenvalue weighted by Gasteiger charge is -2.05. The van der Waals surface area contributed by atoms with Gasteiger partial charge in [0.05, 0.1) is 6.61 Å². The highest BCUT2D eigenvalue weighted by Gasteiger charge is 2.00. The van der Waals surface area contributed by atoms with E-state index in [2.05, 4.69) is 0 Å². The normalized spacial score (nSPS) is 10.2. The van der Waals surface area contributed by atoms with Crippen LogP contribution in [0.15, 0.2) is 23.1 Å². The number of anilines is 1. The summed E-state index contributed by atoms with van der Waals surface area (Å²) in [5.74, 6) is 0.702. The van der Waals surface area contributed by atoms with Crippen LogP contribution >= 0.6 is 11.8 Å². The quantitative estimate of drug-likeness (QED) is 0.553. The molecule has 0 radical (unpaired) electrons. The monoisotopic (exact) mass is 183 g/mol. The minimum absolute atomic E-state index is 0.193. The maximum atomic E-state index is 8.63. The van der Waals surface area contributed by atoms with Crippen molar-refractivity contribution < 1.29 is 5.11 Å². The SMILES string of the molecule is Cc1cccc(SCCO)c1N. The van der Waals surface area contributed by atoms with Crippen molar-refractivity contribution in [1.82, 2.24) is 0 Å². The van der Waals surface area contributed by atoms with Crippen molar-refractivity contribution in [2.24, 2.45) is 0 Å². The molecule has 0 saturated carbocycles. The van der Waals surface area contributed by atoms with Crippen molar-refractivity contribution in [3.63, 3.8) is 0 Å². The third-order valence-electron chi connectivity index (χ3n) is 1.63. The number of hydrogen-bond donors (Lipinski definition) is 2. The van der Waals surface area contributed by atoms with Crippen LogP contribution in [-0.4, -0.2) is 17.5 Å². The van der Waals surface area contributed by atoms with Gasteiger partial charge in [-0.05, 0) is 18.6 Å². The Bertz CT molecular complexity index is 263. The fraction of sp³-hybridized carbons (Fsp3) is 0.333. The molecular formula is C9H13NOS. The van der Waals surface area contributed by atoms with Crippen LogP contribution in [0.3, 0.4) is 0 Å². The number of aliphatic hydroxyl groups is 1. The second-order valence-electron chi connectivity index (χ2n) is 2.56. The first-order chi connectivity index (χ1) is 5.75. The van der Waals surface area contributed by atoms with Gasteiger partial charge in [0.15, 0.2) is 0 Å². The second kappa shape index (κ2) is 4.38. The first kappa shape index (κ1) is 9.42. The molecule has 1 aromatic rings. The van der Waals surface area contributed by atoms with Crippen molar-refractivity contribution in [1.29, 1.82) is 0 Å². The predicted molar refractivity (Wildman–Crippen MR) is 53.4 cm³/mol. The van der Waals surface area contributed by atoms with E-state index in [0.717, 1.165) is 16.1 Å². The van der Waals surface area contributed by atoms with Gasteiger partial charge in [-0.3, -0.25) is 0 Å². The average Bonchev–Trinajstić information content (AvgIpc) is 2.08. The standard InChI is InChI=1S/C9H13NOS/c1-7-3-2-4-8(9(7)10)12-6-5-11/h2-4,11H,5-6,10H2,1H3. The van der Waals surface area contributed by atoms with Crippen molar-refractivity contribution in [3.05, 3.63) is 23.8 Å². The van der Waals surface area contributed by atoms with E-state index < -0.39 is 0 Å². The van der Waals surface area contributed by atoms with Gasteiger partial charge in [0.1, 0.15) is 0 Å². The predicted octanol–water partition coefficient (Wildman–Crippen LogP) is 1.66. The molecule has 0 aliphatic rings. The lowest BCUT2D eigenvalue weighted by Crippen LogP contribution is -1.93. The number of nitrogens with two attached hydrogens (primary N) is 1. The minimum atomic E-state index is 0.193. The van der Waals surface area contributed by atoms with Gasteiger partial charge in [0.25, 0.3) is 0 Å². The molecule has 3 heteroatoms. The summed E-state index contributed by atoms with van der Waals surface area (Å²) in [4.78, 5) is 1.06. The Hall–Kier alpha value is -0.670. The molecule has 3 N–H and O–H groups in total. The van der Waals surface area contributed by atoms with Gasteiger partial charge in [-0.1, -0.05) is 12.1 Å². The first-order valence-corrected chi connectivity index (χ1v) is 4.83. The van der Waals surface area contributed by atoms with Crippen LogP contribution in [0.25, 0.3) is 0 Å². The highest BCUT2D eigenvalue weighted by molar-refractivity contribution is 7.99. The van der Waals surface area contributed by atoms with E-state index in [1.807, 2.05) is 25.1 Å². The van der Waals surface area contributed by atoms with E-state index in [0.29, 0.717) is 5.75 Å². The molecule has 0 atom stereocenters. The zero-order valence-corrected chi connectivity index (χ0v) is 7.90. The molecule has 0 aliphatic heterocycles. The summed E-state index contributed by atoms with van der Waals surface area (Å²) in [5.41, 5.74) is 7.75. The van der Waals surface area contributed by atoms with Crippen molar-refractivity contribution in [2.45, 2.75) is 11.8 Å². The van der Waals surface area contributed by atoms with Crippen LogP contribution in [0.1, 0.15) is 5.56 Å². The summed E-state index contributed by atoms with van der Waals surface area (Å²) < 4.78 is 0. The summed E-state index contributed by atoms with van der Waals surface area (Å²) in [6.45, 7) is 2.18. The molecule has 0 saturated heterocycles. The molecule has 0 fully saturated rings. The number of thioether (sulfide) groups is 1. The van der Waals surface area contributed by atoms with Crippen molar-refractivity contribution >= 4 is 17.4 Å². The van der Waals surface area contributed by atoms with Gasteiger partial charge in [0.2, 0.25) is 0 Å². The Morgan fingerprint density at radius 2 is 2.25 bits per heavy atom. The zero-order chi connectivity index (χ0) is 8.97. The zero-order valence-electron chi connectivity index (χ0n) is 7.08. The number of aliphatic hydroxyl groups excluding tert-OH is 1. The van der Waals surface area contributed by atoms with Crippen LogP contribution in [0.5, 0.6) is 0 Å². The second-order valence-corrected chi connectivity index (χ2v) is 3.70. The van der Waals surface area contributed by atoms with Gasteiger partial charge >= 0.3 is 0 Å². The first-order valence-electron chi connectivity index (χ1n) is 3.84. The third-order valence-corrected chi connectivity index (χ3v) is 2.69. The summed E-state index contributed by atoms with van der Waals surface area (Å²) >= 11 is 1.59. The molecule has 0 aromatic heterocycles. The smallest absolute Gasteiger partial charge is 0.0525 e. The molecule has 0 spiro atoms. The molecule has 66 valence electrons. The van der Waals surface area contributed by atoms with E-state index >= 15 is 0 Å². The van der Waals surface area contributed by atoms with Crippen LogP contribution in [-0.2, 0) is 0 Å². The largest absolute Gasteiger partial charge is 0.398 e. The topological polar surface area (TPSA) is 46.2 Å². The number of nitrogen functional groups attached to an aromatic ring is 1. The molecule has 1 rings (SSSR count). The Morgan fingerprint density at radius 3 is 2.92 bits per heavy atom. The number of rotatable bonds is 3. The van der Waals surface area contributed by atoms with Gasteiger partial charge < -0.3 is 10.8 Å². The molecule has 2 nitrogen and oxygen atoms in total. The van der Waals surface area contributed by atoms with Crippen molar-refractivity contribution in [3.8, 4) is 0 Å². The van der Waals surface area contributed by atoms with Gasteiger partial charge in [-0.25, -0.2) is 0 Å². The van der Waals surface area contributed by atoms with Crippen LogP contribution in [0, 0.1) is 6.92 Å². The van der Waals surface area contributed by atoms with Gasteiger partial charge in [-0.15, -0.1) is 11.8 Å². The molecule has 0 bridgehead atoms. The fourth-order valence-corrected chi connectivity index (χ4v) is 1.74. The van der Waals surface area contributed by atoms with E-state index in [1.165, 1.54) is 0 Å².